The summed E-state index contributed by atoms with van der Waals surface area (Å²) >= 11 is 0. The molecule has 1 aliphatic heterocycles. The maximum atomic E-state index is 12.1. The number of hydrogen-bond donors (Lipinski definition) is 1. The van der Waals surface area contributed by atoms with E-state index in [0.29, 0.717) is 18.1 Å². The van der Waals surface area contributed by atoms with Crippen molar-refractivity contribution in [1.29, 1.82) is 0 Å². The highest BCUT2D eigenvalue weighted by Gasteiger charge is 2.22. The van der Waals surface area contributed by atoms with Crippen molar-refractivity contribution in [3.8, 4) is 0 Å². The average molecular weight is 350 g/mol. The zero-order valence-electron chi connectivity index (χ0n) is 14.1. The lowest BCUT2D eigenvalue weighted by Crippen LogP contribution is -2.42. The van der Waals surface area contributed by atoms with Gasteiger partial charge in [0.15, 0.2) is 0 Å². The van der Waals surface area contributed by atoms with E-state index < -0.39 is 18.8 Å². The summed E-state index contributed by atoms with van der Waals surface area (Å²) in [6, 6.07) is 8.40. The summed E-state index contributed by atoms with van der Waals surface area (Å²) in [4.78, 5) is 28.5. The van der Waals surface area contributed by atoms with Crippen LogP contribution in [0.5, 0.6) is 0 Å². The number of hydrogen-bond acceptors (Lipinski definition) is 6. The second kappa shape index (κ2) is 9.45. The first kappa shape index (κ1) is 18.5. The Bertz CT molecular complexity index is 602. The lowest BCUT2D eigenvalue weighted by Gasteiger charge is -2.16. The van der Waals surface area contributed by atoms with Crippen LogP contribution >= 0.6 is 0 Å². The van der Waals surface area contributed by atoms with Crippen LogP contribution in [0, 0.1) is 5.21 Å². The molecule has 0 radical (unpaired) electrons. The number of hydrazine groups is 1. The first-order chi connectivity index (χ1) is 12.1. The largest absolute Gasteiger partial charge is 0.569 e. The van der Waals surface area contributed by atoms with Gasteiger partial charge in [-0.1, -0.05) is 30.3 Å². The van der Waals surface area contributed by atoms with Crippen LogP contribution in [0.15, 0.2) is 35.6 Å². The summed E-state index contributed by atoms with van der Waals surface area (Å²) in [7, 11) is 0. The summed E-state index contributed by atoms with van der Waals surface area (Å²) in [5.41, 5.74) is 0.878. The van der Waals surface area contributed by atoms with Crippen LogP contribution in [0.4, 0.5) is 0 Å². The molecule has 1 fully saturated rings. The summed E-state index contributed by atoms with van der Waals surface area (Å²) in [6.45, 7) is 2.06. The van der Waals surface area contributed by atoms with E-state index in [2.05, 4.69) is 10.6 Å². The predicted molar refractivity (Wildman–Crippen MR) is 86.7 cm³/mol. The Morgan fingerprint density at radius 3 is 2.64 bits per heavy atom. The maximum Gasteiger partial charge on any atom is 0.331 e. The minimum absolute atomic E-state index is 0.290. The molecule has 9 heteroatoms. The first-order valence-electron chi connectivity index (χ1n) is 8.09. The van der Waals surface area contributed by atoms with E-state index in [1.807, 2.05) is 30.3 Å². The average Bonchev–Trinajstić information content (AvgIpc) is 3.13. The van der Waals surface area contributed by atoms with Crippen molar-refractivity contribution in [2.45, 2.75) is 32.2 Å². The molecule has 136 valence electrons. The zero-order valence-corrected chi connectivity index (χ0v) is 14.1. The fourth-order valence-corrected chi connectivity index (χ4v) is 2.47. The molecule has 2 rings (SSSR count). The third-order valence-electron chi connectivity index (χ3n) is 3.65. The van der Waals surface area contributed by atoms with Crippen molar-refractivity contribution in [2.75, 3.05) is 19.9 Å². The van der Waals surface area contributed by atoms with Crippen LogP contribution in [0.2, 0.25) is 0 Å². The van der Waals surface area contributed by atoms with Crippen LogP contribution in [-0.4, -0.2) is 47.8 Å². The van der Waals surface area contributed by atoms with Crippen molar-refractivity contribution < 1.29 is 24.1 Å². The van der Waals surface area contributed by atoms with Gasteiger partial charge in [-0.05, 0) is 18.4 Å². The summed E-state index contributed by atoms with van der Waals surface area (Å²) in [5, 5.41) is 18.9. The number of ether oxygens (including phenoxy) is 1. The highest BCUT2D eigenvalue weighted by Crippen LogP contribution is 2.08. The Morgan fingerprint density at radius 1 is 1.32 bits per heavy atom. The lowest BCUT2D eigenvalue weighted by atomic mass is 10.1. The van der Waals surface area contributed by atoms with Gasteiger partial charge in [0.25, 0.3) is 6.79 Å². The molecule has 1 N–H and O–H groups in total. The van der Waals surface area contributed by atoms with Gasteiger partial charge >= 0.3 is 5.97 Å². The molecule has 1 saturated heterocycles. The van der Waals surface area contributed by atoms with Crippen LogP contribution in [0.3, 0.4) is 0 Å². The van der Waals surface area contributed by atoms with Crippen LogP contribution < -0.4 is 5.32 Å². The topological polar surface area (TPSA) is 106 Å². The van der Waals surface area contributed by atoms with E-state index in [9.17, 15) is 14.8 Å². The lowest BCUT2D eigenvalue weighted by molar-refractivity contribution is -0.708. The molecule has 1 heterocycles. The second-order valence-corrected chi connectivity index (χ2v) is 5.65. The fourth-order valence-electron chi connectivity index (χ4n) is 2.47. The molecule has 1 amide bonds. The minimum Gasteiger partial charge on any atom is -0.569 e. The number of rotatable bonds is 8. The third-order valence-corrected chi connectivity index (χ3v) is 3.65. The van der Waals surface area contributed by atoms with Gasteiger partial charge in [-0.25, -0.2) is 4.79 Å². The quantitative estimate of drug-likeness (QED) is 0.188. The Morgan fingerprint density at radius 2 is 2.00 bits per heavy atom. The van der Waals surface area contributed by atoms with Crippen molar-refractivity contribution >= 4 is 11.9 Å². The predicted octanol–water partition coefficient (Wildman–Crippen LogP) is 1.14. The number of esters is 1. The Kier molecular flexibility index (Phi) is 7.00. The van der Waals surface area contributed by atoms with E-state index in [0.717, 1.165) is 18.4 Å². The van der Waals surface area contributed by atoms with Crippen molar-refractivity contribution in [2.24, 2.45) is 5.28 Å². The number of nitrogens with zero attached hydrogens (tertiary/aromatic N) is 3. The molecule has 1 aliphatic rings. The number of amides is 1. The van der Waals surface area contributed by atoms with Gasteiger partial charge in [0.1, 0.15) is 6.04 Å². The summed E-state index contributed by atoms with van der Waals surface area (Å²) in [6.07, 6.45) is 2.15. The van der Waals surface area contributed by atoms with E-state index in [4.69, 9.17) is 9.57 Å². The van der Waals surface area contributed by atoms with E-state index in [1.54, 1.807) is 0 Å². The Balaban J connectivity index is 1.82. The molecule has 0 aliphatic carbocycles. The third kappa shape index (κ3) is 6.28. The Hall–Kier alpha value is -2.84. The minimum atomic E-state index is -0.842. The van der Waals surface area contributed by atoms with E-state index >= 15 is 0 Å². The van der Waals surface area contributed by atoms with Gasteiger partial charge in [-0.2, -0.15) is 0 Å². The molecule has 0 unspecified atom stereocenters. The highest BCUT2D eigenvalue weighted by molar-refractivity contribution is 5.83. The van der Waals surface area contributed by atoms with Crippen LogP contribution in [0.1, 0.15) is 25.3 Å². The van der Waals surface area contributed by atoms with Gasteiger partial charge < -0.3 is 20.1 Å². The number of carbonyl (C=O) groups excluding carboxylic acids is 2. The van der Waals surface area contributed by atoms with Gasteiger partial charge in [-0.15, -0.1) is 5.01 Å². The standard InChI is InChI=1S/C16H22N4O5/c1-13(21)17-15(11-14-7-3-2-4-8-14)16(22)24-12-25-18-20(23)19-9-5-6-10-19/h2-4,7-8,15H,5-6,9-12H2,1H3,(H,17,21)/b20-18-/t15-/m0/s1. The van der Waals surface area contributed by atoms with Gasteiger partial charge in [0.2, 0.25) is 11.2 Å². The summed E-state index contributed by atoms with van der Waals surface area (Å²) < 4.78 is 4.94. The first-order valence-corrected chi connectivity index (χ1v) is 8.09. The van der Waals surface area contributed by atoms with Crippen molar-refractivity contribution in [1.82, 2.24) is 10.3 Å². The SMILES string of the molecule is CC(=O)N[C@@H](Cc1ccccc1)C(=O)OCO/N=[N+](\[O-])N1CCCC1. The molecule has 1 aromatic rings. The molecular formula is C16H22N4O5. The molecule has 1 aromatic carbocycles. The fraction of sp³-hybridized carbons (Fsp3) is 0.500. The van der Waals surface area contributed by atoms with E-state index in [-0.39, 0.29) is 12.3 Å². The van der Waals surface area contributed by atoms with E-state index in [1.165, 1.54) is 11.9 Å². The normalized spacial score (nSPS) is 15.6. The second-order valence-electron chi connectivity index (χ2n) is 5.65. The maximum absolute atomic E-state index is 12.1. The molecule has 9 nitrogen and oxygen atoms in total. The van der Waals surface area contributed by atoms with Gasteiger partial charge in [0, 0.05) is 13.3 Å². The molecule has 25 heavy (non-hydrogen) atoms. The zero-order chi connectivity index (χ0) is 18.1. The number of carbonyl (C=O) groups is 2. The molecule has 0 aromatic heterocycles. The number of benzene rings is 1. The van der Waals surface area contributed by atoms with Crippen LogP contribution in [0.25, 0.3) is 0 Å². The molecule has 0 bridgehead atoms. The number of nitrogens with one attached hydrogen (secondary N) is 1. The Labute approximate surface area is 145 Å². The summed E-state index contributed by atoms with van der Waals surface area (Å²) in [5.74, 6) is -1.00. The molecule has 1 atom stereocenters. The van der Waals surface area contributed by atoms with Crippen molar-refractivity contribution in [3.05, 3.63) is 41.1 Å². The molecular weight excluding hydrogens is 328 g/mol. The molecule has 0 saturated carbocycles. The van der Waals surface area contributed by atoms with Gasteiger partial charge in [0.05, 0.1) is 18.1 Å². The monoisotopic (exact) mass is 350 g/mol. The highest BCUT2D eigenvalue weighted by atomic mass is 16.8. The van der Waals surface area contributed by atoms with Crippen molar-refractivity contribution in [3.63, 3.8) is 0 Å². The van der Waals surface area contributed by atoms with Crippen LogP contribution in [-0.2, 0) is 25.6 Å². The molecule has 0 spiro atoms. The smallest absolute Gasteiger partial charge is 0.331 e. The van der Waals surface area contributed by atoms with Gasteiger partial charge in [-0.3, -0.25) is 4.79 Å².